The van der Waals surface area contributed by atoms with Crippen LogP contribution in [0.4, 0.5) is 8.78 Å². The zero-order valence-corrected chi connectivity index (χ0v) is 13.9. The van der Waals surface area contributed by atoms with Gasteiger partial charge in [-0.15, -0.1) is 24.8 Å². The van der Waals surface area contributed by atoms with E-state index in [2.05, 4.69) is 17.1 Å². The van der Waals surface area contributed by atoms with Crippen molar-refractivity contribution in [3.05, 3.63) is 35.4 Å². The summed E-state index contributed by atoms with van der Waals surface area (Å²) in [7, 11) is 0. The first-order chi connectivity index (χ1) is 9.24. The van der Waals surface area contributed by atoms with E-state index in [1.807, 2.05) is 0 Å². The second kappa shape index (κ2) is 10.3. The molecule has 122 valence electrons. The van der Waals surface area contributed by atoms with E-state index >= 15 is 0 Å². The molecule has 21 heavy (non-hydrogen) atoms. The lowest BCUT2D eigenvalue weighted by Crippen LogP contribution is -2.45. The van der Waals surface area contributed by atoms with Crippen LogP contribution in [0.1, 0.15) is 37.8 Å². The predicted octanol–water partition coefficient (Wildman–Crippen LogP) is 3.94. The largest absolute Gasteiger partial charge is 0.314 e. The predicted molar refractivity (Wildman–Crippen MR) is 87.6 cm³/mol. The monoisotopic (exact) mass is 340 g/mol. The second-order valence-electron chi connectivity index (χ2n) is 5.08. The van der Waals surface area contributed by atoms with E-state index in [4.69, 9.17) is 0 Å². The lowest BCUT2D eigenvalue weighted by molar-refractivity contribution is 0.156. The Morgan fingerprint density at radius 3 is 2.24 bits per heavy atom. The Morgan fingerprint density at radius 1 is 1.14 bits per heavy atom. The minimum Gasteiger partial charge on any atom is -0.314 e. The van der Waals surface area contributed by atoms with Gasteiger partial charge in [0.15, 0.2) is 0 Å². The average molecular weight is 341 g/mol. The number of halogens is 4. The zero-order valence-electron chi connectivity index (χ0n) is 12.3. The Kier molecular flexibility index (Phi) is 10.1. The lowest BCUT2D eigenvalue weighted by atomic mass is 9.97. The van der Waals surface area contributed by atoms with Gasteiger partial charge in [-0.3, -0.25) is 4.90 Å². The molecule has 0 aromatic heterocycles. The molecule has 1 saturated heterocycles. The molecule has 2 nitrogen and oxygen atoms in total. The van der Waals surface area contributed by atoms with Gasteiger partial charge < -0.3 is 5.32 Å². The quantitative estimate of drug-likeness (QED) is 0.873. The lowest BCUT2D eigenvalue weighted by Gasteiger charge is -2.35. The number of piperazine rings is 1. The molecule has 0 radical (unpaired) electrons. The van der Waals surface area contributed by atoms with E-state index in [0.29, 0.717) is 0 Å². The first-order valence-electron chi connectivity index (χ1n) is 7.12. The van der Waals surface area contributed by atoms with E-state index in [1.54, 1.807) is 0 Å². The molecule has 1 N–H and O–H groups in total. The Bertz CT molecular complexity index is 392. The Morgan fingerprint density at radius 2 is 1.71 bits per heavy atom. The molecule has 1 aromatic rings. The van der Waals surface area contributed by atoms with Gasteiger partial charge in [0.25, 0.3) is 0 Å². The molecule has 0 aliphatic carbocycles. The number of benzene rings is 1. The topological polar surface area (TPSA) is 15.3 Å². The summed E-state index contributed by atoms with van der Waals surface area (Å²) >= 11 is 0. The van der Waals surface area contributed by atoms with Crippen LogP contribution in [0.5, 0.6) is 0 Å². The van der Waals surface area contributed by atoms with Crippen LogP contribution in [0.3, 0.4) is 0 Å². The second-order valence-corrected chi connectivity index (χ2v) is 5.08. The fourth-order valence-electron chi connectivity index (χ4n) is 2.73. The van der Waals surface area contributed by atoms with Crippen LogP contribution in [0.25, 0.3) is 0 Å². The highest BCUT2D eigenvalue weighted by Gasteiger charge is 2.26. The highest BCUT2D eigenvalue weighted by Crippen LogP contribution is 2.30. The van der Waals surface area contributed by atoms with E-state index in [9.17, 15) is 8.78 Å². The maximum Gasteiger partial charge on any atom is 0.130 e. The van der Waals surface area contributed by atoms with Crippen LogP contribution in [-0.2, 0) is 0 Å². The van der Waals surface area contributed by atoms with Crippen LogP contribution in [0.15, 0.2) is 18.2 Å². The SMILES string of the molecule is CCCC[C@H](c1c(F)cccc1F)N1CCNCC1.Cl.Cl. The van der Waals surface area contributed by atoms with Gasteiger partial charge in [0, 0.05) is 37.8 Å². The molecule has 0 amide bonds. The van der Waals surface area contributed by atoms with Crippen molar-refractivity contribution in [2.45, 2.75) is 32.2 Å². The molecule has 0 bridgehead atoms. The zero-order chi connectivity index (χ0) is 13.7. The highest BCUT2D eigenvalue weighted by molar-refractivity contribution is 5.85. The molecular formula is C15H24Cl2F2N2. The number of nitrogens with zero attached hydrogens (tertiary/aromatic N) is 1. The number of nitrogens with one attached hydrogen (secondary N) is 1. The number of rotatable bonds is 5. The summed E-state index contributed by atoms with van der Waals surface area (Å²) in [4.78, 5) is 2.20. The van der Waals surface area contributed by atoms with E-state index < -0.39 is 11.6 Å². The molecule has 0 spiro atoms. The van der Waals surface area contributed by atoms with E-state index in [-0.39, 0.29) is 36.4 Å². The third-order valence-corrected chi connectivity index (χ3v) is 3.76. The van der Waals surface area contributed by atoms with Crippen LogP contribution in [0, 0.1) is 11.6 Å². The minimum atomic E-state index is -0.417. The molecule has 1 aliphatic rings. The summed E-state index contributed by atoms with van der Waals surface area (Å²) < 4.78 is 28.0. The van der Waals surface area contributed by atoms with Crippen molar-refractivity contribution >= 4 is 24.8 Å². The van der Waals surface area contributed by atoms with E-state index in [0.717, 1.165) is 45.4 Å². The van der Waals surface area contributed by atoms with Crippen LogP contribution in [0.2, 0.25) is 0 Å². The van der Waals surface area contributed by atoms with Crippen molar-refractivity contribution in [3.63, 3.8) is 0 Å². The summed E-state index contributed by atoms with van der Waals surface area (Å²) in [5.41, 5.74) is 0.248. The van der Waals surface area contributed by atoms with Gasteiger partial charge >= 0.3 is 0 Å². The molecule has 1 aliphatic heterocycles. The van der Waals surface area contributed by atoms with Gasteiger partial charge in [-0.05, 0) is 18.6 Å². The summed E-state index contributed by atoms with van der Waals surface area (Å²) in [5.74, 6) is -0.834. The van der Waals surface area contributed by atoms with Crippen molar-refractivity contribution in [3.8, 4) is 0 Å². The van der Waals surface area contributed by atoms with Gasteiger partial charge in [-0.1, -0.05) is 25.8 Å². The smallest absolute Gasteiger partial charge is 0.130 e. The maximum absolute atomic E-state index is 14.0. The number of hydrogen-bond acceptors (Lipinski definition) is 2. The Hall–Kier alpha value is -0.420. The highest BCUT2D eigenvalue weighted by atomic mass is 35.5. The molecule has 0 saturated carbocycles. The van der Waals surface area contributed by atoms with Crippen molar-refractivity contribution < 1.29 is 8.78 Å². The van der Waals surface area contributed by atoms with Gasteiger partial charge in [-0.25, -0.2) is 8.78 Å². The summed E-state index contributed by atoms with van der Waals surface area (Å²) in [6, 6.07) is 4.02. The van der Waals surface area contributed by atoms with Crippen molar-refractivity contribution in [1.82, 2.24) is 10.2 Å². The van der Waals surface area contributed by atoms with Crippen LogP contribution < -0.4 is 5.32 Å². The summed E-state index contributed by atoms with van der Waals surface area (Å²) in [6.45, 7) is 5.58. The van der Waals surface area contributed by atoms with Crippen LogP contribution in [-0.4, -0.2) is 31.1 Å². The molecule has 6 heteroatoms. The average Bonchev–Trinajstić information content (AvgIpc) is 2.43. The molecule has 1 fully saturated rings. The van der Waals surface area contributed by atoms with Gasteiger partial charge in [0.05, 0.1) is 0 Å². The first kappa shape index (κ1) is 20.6. The molecule has 1 atom stereocenters. The minimum absolute atomic E-state index is 0. The summed E-state index contributed by atoms with van der Waals surface area (Å²) in [5, 5.41) is 3.28. The normalized spacial score (nSPS) is 16.7. The molecule has 1 aromatic carbocycles. The maximum atomic E-state index is 14.0. The van der Waals surface area contributed by atoms with Crippen LogP contribution >= 0.6 is 24.8 Å². The fourth-order valence-corrected chi connectivity index (χ4v) is 2.73. The third-order valence-electron chi connectivity index (χ3n) is 3.76. The molecular weight excluding hydrogens is 317 g/mol. The number of unbranched alkanes of at least 4 members (excludes halogenated alkanes) is 1. The van der Waals surface area contributed by atoms with Gasteiger partial charge in [-0.2, -0.15) is 0 Å². The fraction of sp³-hybridized carbons (Fsp3) is 0.600. The molecule has 2 rings (SSSR count). The Balaban J connectivity index is 0.00000200. The van der Waals surface area contributed by atoms with E-state index in [1.165, 1.54) is 18.2 Å². The van der Waals surface area contributed by atoms with Gasteiger partial charge in [0.2, 0.25) is 0 Å². The standard InChI is InChI=1S/C15H22F2N2.2ClH/c1-2-3-7-14(19-10-8-18-9-11-19)15-12(16)5-4-6-13(15)17;;/h4-6,14,18H,2-3,7-11H2,1H3;2*1H/t14-;;/m1../s1. The van der Waals surface area contributed by atoms with Crippen molar-refractivity contribution in [2.75, 3.05) is 26.2 Å². The molecule has 0 unspecified atom stereocenters. The van der Waals surface area contributed by atoms with Crippen molar-refractivity contribution in [1.29, 1.82) is 0 Å². The number of hydrogen-bond donors (Lipinski definition) is 1. The molecule has 1 heterocycles. The van der Waals surface area contributed by atoms with Gasteiger partial charge in [0.1, 0.15) is 11.6 Å². The Labute approximate surface area is 138 Å². The summed E-state index contributed by atoms with van der Waals surface area (Å²) in [6.07, 6.45) is 2.84. The third kappa shape index (κ3) is 5.37. The first-order valence-corrected chi connectivity index (χ1v) is 7.12. The van der Waals surface area contributed by atoms with Crippen molar-refractivity contribution in [2.24, 2.45) is 0 Å².